The van der Waals surface area contributed by atoms with Gasteiger partial charge in [0.2, 0.25) is 5.91 Å². The topological polar surface area (TPSA) is 75.6 Å². The maximum absolute atomic E-state index is 11.1. The minimum atomic E-state index is -0.418. The minimum Gasteiger partial charge on any atom is -0.366 e. The molecule has 0 aliphatic heterocycles. The minimum absolute atomic E-state index is 0. The van der Waals surface area contributed by atoms with Crippen molar-refractivity contribution in [3.63, 3.8) is 0 Å². The summed E-state index contributed by atoms with van der Waals surface area (Å²) in [4.78, 5) is 17.5. The van der Waals surface area contributed by atoms with Gasteiger partial charge in [-0.2, -0.15) is 0 Å². The van der Waals surface area contributed by atoms with Gasteiger partial charge < -0.3 is 20.5 Å². The van der Waals surface area contributed by atoms with Gasteiger partial charge in [-0.1, -0.05) is 12.1 Å². The Morgan fingerprint density at radius 1 is 1.36 bits per heavy atom. The van der Waals surface area contributed by atoms with E-state index in [2.05, 4.69) is 41.8 Å². The number of carbonyl (C=O) groups is 1. The zero-order chi connectivity index (χ0) is 17.7. The number of primary amides is 1. The number of nitrogens with two attached hydrogens (primary N) is 1. The monoisotopic (exact) mass is 519 g/mol. The van der Waals surface area contributed by atoms with Crippen molar-refractivity contribution in [3.8, 4) is 0 Å². The summed E-state index contributed by atoms with van der Waals surface area (Å²) in [5.74, 6) is 0.380. The van der Waals surface area contributed by atoms with E-state index in [1.807, 2.05) is 32.4 Å². The Morgan fingerprint density at radius 2 is 2.00 bits per heavy atom. The molecule has 1 heterocycles. The second-order valence-corrected chi connectivity index (χ2v) is 6.49. The first-order chi connectivity index (χ1) is 11.4. The van der Waals surface area contributed by atoms with Crippen molar-refractivity contribution < 1.29 is 4.79 Å². The number of nitrogens with one attached hydrogen (secondary N) is 1. The number of halogens is 2. The Morgan fingerprint density at radius 3 is 2.48 bits per heavy atom. The van der Waals surface area contributed by atoms with Crippen molar-refractivity contribution in [2.24, 2.45) is 17.8 Å². The van der Waals surface area contributed by atoms with Crippen LogP contribution in [-0.4, -0.2) is 35.4 Å². The van der Waals surface area contributed by atoms with Crippen LogP contribution >= 0.6 is 39.9 Å². The average Bonchev–Trinajstić information content (AvgIpc) is 2.85. The number of aliphatic imine (C=N–C) groups is 1. The molecule has 0 radical (unpaired) electrons. The lowest BCUT2D eigenvalue weighted by molar-refractivity contribution is 0.100. The number of amides is 1. The van der Waals surface area contributed by atoms with Gasteiger partial charge in [0.15, 0.2) is 5.96 Å². The van der Waals surface area contributed by atoms with Crippen LogP contribution in [0.25, 0.3) is 0 Å². The van der Waals surface area contributed by atoms with Gasteiger partial charge in [-0.05, 0) is 39.7 Å². The van der Waals surface area contributed by atoms with Crippen LogP contribution in [-0.2, 0) is 20.1 Å². The van der Waals surface area contributed by atoms with E-state index in [9.17, 15) is 4.79 Å². The van der Waals surface area contributed by atoms with Crippen molar-refractivity contribution in [1.82, 2.24) is 14.8 Å². The van der Waals surface area contributed by atoms with Crippen LogP contribution in [0.1, 0.15) is 21.6 Å². The second kappa shape index (κ2) is 9.81. The number of hydrogen-bond donors (Lipinski definition) is 2. The van der Waals surface area contributed by atoms with Crippen molar-refractivity contribution >= 4 is 51.8 Å². The normalized spacial score (nSPS) is 11.0. The van der Waals surface area contributed by atoms with E-state index in [0.717, 1.165) is 22.5 Å². The molecule has 0 saturated carbocycles. The molecule has 1 aromatic carbocycles. The van der Waals surface area contributed by atoms with Gasteiger partial charge in [0.25, 0.3) is 0 Å². The highest BCUT2D eigenvalue weighted by Gasteiger charge is 2.09. The highest BCUT2D eigenvalue weighted by Crippen LogP contribution is 2.15. The number of benzene rings is 1. The molecule has 8 heteroatoms. The molecule has 0 bridgehead atoms. The highest BCUT2D eigenvalue weighted by molar-refractivity contribution is 14.0. The van der Waals surface area contributed by atoms with Gasteiger partial charge in [0.1, 0.15) is 0 Å². The van der Waals surface area contributed by atoms with E-state index >= 15 is 0 Å². The summed E-state index contributed by atoms with van der Waals surface area (Å²) in [5, 5.41) is 3.32. The maximum Gasteiger partial charge on any atom is 0.248 e. The molecule has 0 aliphatic rings. The van der Waals surface area contributed by atoms with Gasteiger partial charge in [-0.25, -0.2) is 0 Å². The van der Waals surface area contributed by atoms with Crippen LogP contribution in [0.15, 0.2) is 46.0 Å². The standard InChI is InChI=1S/C17H22BrN5O.HI/c1-20-17(23(3)11-15-8-14(18)10-22(15)2)21-9-12-4-6-13(7-5-12)16(19)24;/h4-8,10H,9,11H2,1-3H3,(H2,19,24)(H,20,21);1H. The molecule has 2 aromatic rings. The largest absolute Gasteiger partial charge is 0.366 e. The molecule has 136 valence electrons. The third kappa shape index (κ3) is 6.03. The lowest BCUT2D eigenvalue weighted by Crippen LogP contribution is -2.38. The smallest absolute Gasteiger partial charge is 0.248 e. The number of aryl methyl sites for hydroxylation is 1. The molecule has 3 N–H and O–H groups in total. The maximum atomic E-state index is 11.1. The van der Waals surface area contributed by atoms with E-state index < -0.39 is 5.91 Å². The molecule has 0 saturated heterocycles. The summed E-state index contributed by atoms with van der Waals surface area (Å²) in [5.41, 5.74) is 7.99. The predicted octanol–water partition coefficient (Wildman–Crippen LogP) is 2.71. The SMILES string of the molecule is CN=C(NCc1ccc(C(N)=O)cc1)N(C)Cc1cc(Br)cn1C.I. The van der Waals surface area contributed by atoms with Crippen molar-refractivity contribution in [2.75, 3.05) is 14.1 Å². The fourth-order valence-electron chi connectivity index (χ4n) is 2.39. The van der Waals surface area contributed by atoms with Crippen LogP contribution in [0, 0.1) is 0 Å². The molecule has 25 heavy (non-hydrogen) atoms. The lowest BCUT2D eigenvalue weighted by atomic mass is 10.1. The number of aromatic nitrogens is 1. The second-order valence-electron chi connectivity index (χ2n) is 5.58. The predicted molar refractivity (Wildman–Crippen MR) is 115 cm³/mol. The van der Waals surface area contributed by atoms with Crippen LogP contribution < -0.4 is 11.1 Å². The summed E-state index contributed by atoms with van der Waals surface area (Å²) < 4.78 is 3.14. The molecular formula is C17H23BrIN5O. The summed E-state index contributed by atoms with van der Waals surface area (Å²) in [6, 6.07) is 9.32. The summed E-state index contributed by atoms with van der Waals surface area (Å²) in [6.07, 6.45) is 2.03. The lowest BCUT2D eigenvalue weighted by Gasteiger charge is -2.22. The zero-order valence-corrected chi connectivity index (χ0v) is 18.4. The molecule has 0 spiro atoms. The number of guanidine groups is 1. The first-order valence-electron chi connectivity index (χ1n) is 7.52. The average molecular weight is 520 g/mol. The van der Waals surface area contributed by atoms with Gasteiger partial charge in [0.05, 0.1) is 6.54 Å². The van der Waals surface area contributed by atoms with Crippen molar-refractivity contribution in [1.29, 1.82) is 0 Å². The van der Waals surface area contributed by atoms with Crippen molar-refractivity contribution in [2.45, 2.75) is 13.1 Å². The quantitative estimate of drug-likeness (QED) is 0.362. The van der Waals surface area contributed by atoms with E-state index in [1.54, 1.807) is 19.2 Å². The van der Waals surface area contributed by atoms with E-state index in [-0.39, 0.29) is 24.0 Å². The fourth-order valence-corrected chi connectivity index (χ4v) is 2.97. The first kappa shape index (κ1) is 21.5. The number of hydrogen-bond acceptors (Lipinski definition) is 2. The number of carbonyl (C=O) groups excluding carboxylic acids is 1. The third-order valence-corrected chi connectivity index (χ3v) is 4.17. The highest BCUT2D eigenvalue weighted by atomic mass is 127. The fraction of sp³-hybridized carbons (Fsp3) is 0.294. The number of nitrogens with zero attached hydrogens (tertiary/aromatic N) is 3. The van der Waals surface area contributed by atoms with Crippen LogP contribution in [0.3, 0.4) is 0 Å². The van der Waals surface area contributed by atoms with E-state index in [4.69, 9.17) is 5.73 Å². The molecule has 0 aliphatic carbocycles. The van der Waals surface area contributed by atoms with Crippen molar-refractivity contribution in [3.05, 3.63) is 57.8 Å². The van der Waals surface area contributed by atoms with Gasteiger partial charge in [-0.15, -0.1) is 24.0 Å². The zero-order valence-electron chi connectivity index (χ0n) is 14.5. The first-order valence-corrected chi connectivity index (χ1v) is 8.31. The van der Waals surface area contributed by atoms with Crippen LogP contribution in [0.2, 0.25) is 0 Å². The third-order valence-electron chi connectivity index (χ3n) is 3.74. The summed E-state index contributed by atoms with van der Waals surface area (Å²) in [7, 11) is 5.77. The molecule has 1 amide bonds. The molecule has 0 unspecified atom stereocenters. The van der Waals surface area contributed by atoms with Crippen LogP contribution in [0.4, 0.5) is 0 Å². The Bertz CT molecular complexity index is 742. The van der Waals surface area contributed by atoms with E-state index in [1.165, 1.54) is 5.69 Å². The Hall–Kier alpha value is -1.55. The Balaban J connectivity index is 0.00000312. The molecule has 0 fully saturated rings. The molecular weight excluding hydrogens is 497 g/mol. The molecule has 2 rings (SSSR count). The van der Waals surface area contributed by atoms with Gasteiger partial charge in [-0.3, -0.25) is 9.79 Å². The summed E-state index contributed by atoms with van der Waals surface area (Å²) in [6.45, 7) is 1.36. The summed E-state index contributed by atoms with van der Waals surface area (Å²) >= 11 is 3.49. The Labute approximate surface area is 173 Å². The van der Waals surface area contributed by atoms with Crippen LogP contribution in [0.5, 0.6) is 0 Å². The number of rotatable bonds is 5. The molecule has 0 atom stereocenters. The van der Waals surface area contributed by atoms with Gasteiger partial charge >= 0.3 is 0 Å². The molecule has 6 nitrogen and oxygen atoms in total. The van der Waals surface area contributed by atoms with E-state index in [0.29, 0.717) is 12.1 Å². The Kier molecular flexibility index (Phi) is 8.43. The molecule has 1 aromatic heterocycles. The van der Waals surface area contributed by atoms with Gasteiger partial charge in [0, 0.05) is 49.6 Å².